The van der Waals surface area contributed by atoms with Crippen molar-refractivity contribution in [2.24, 2.45) is 5.10 Å². The number of anilines is 1. The SMILES string of the molecule is CCOC(=O)c1nnsc1N/N=C/c1cccc(F)c1. The summed E-state index contributed by atoms with van der Waals surface area (Å²) in [4.78, 5) is 11.5. The van der Waals surface area contributed by atoms with Crippen LogP contribution in [0.4, 0.5) is 9.39 Å². The van der Waals surface area contributed by atoms with Crippen LogP contribution in [0, 0.1) is 5.82 Å². The number of rotatable bonds is 5. The second kappa shape index (κ2) is 6.71. The van der Waals surface area contributed by atoms with Gasteiger partial charge in [0, 0.05) is 11.5 Å². The Bertz CT molecular complexity index is 629. The molecule has 0 saturated heterocycles. The zero-order valence-corrected chi connectivity index (χ0v) is 11.4. The van der Waals surface area contributed by atoms with Crippen LogP contribution in [0.1, 0.15) is 23.0 Å². The van der Waals surface area contributed by atoms with Crippen molar-refractivity contribution in [1.29, 1.82) is 0 Å². The molecule has 0 fully saturated rings. The third-order valence-electron chi connectivity index (χ3n) is 2.19. The van der Waals surface area contributed by atoms with Gasteiger partial charge < -0.3 is 4.74 Å². The molecular formula is C12H11FN4O2S. The number of nitrogens with zero attached hydrogens (tertiary/aromatic N) is 3. The van der Waals surface area contributed by atoms with Crippen LogP contribution in [0.3, 0.4) is 0 Å². The smallest absolute Gasteiger partial charge is 0.362 e. The first kappa shape index (κ1) is 14.1. The van der Waals surface area contributed by atoms with E-state index in [0.717, 1.165) is 11.5 Å². The van der Waals surface area contributed by atoms with Crippen LogP contribution in [-0.4, -0.2) is 28.4 Å². The van der Waals surface area contributed by atoms with Crippen molar-refractivity contribution in [3.63, 3.8) is 0 Å². The van der Waals surface area contributed by atoms with Crippen LogP contribution in [0.25, 0.3) is 0 Å². The molecule has 0 aliphatic carbocycles. The number of hydrogen-bond acceptors (Lipinski definition) is 7. The fraction of sp³-hybridized carbons (Fsp3) is 0.167. The highest BCUT2D eigenvalue weighted by Gasteiger charge is 2.17. The van der Waals surface area contributed by atoms with Gasteiger partial charge in [0.15, 0.2) is 5.00 Å². The Morgan fingerprint density at radius 3 is 3.20 bits per heavy atom. The van der Waals surface area contributed by atoms with Gasteiger partial charge in [-0.05, 0) is 24.6 Å². The number of benzene rings is 1. The highest BCUT2D eigenvalue weighted by molar-refractivity contribution is 7.10. The van der Waals surface area contributed by atoms with E-state index >= 15 is 0 Å². The maximum absolute atomic E-state index is 13.0. The van der Waals surface area contributed by atoms with E-state index in [1.165, 1.54) is 18.3 Å². The number of esters is 1. The van der Waals surface area contributed by atoms with Crippen LogP contribution < -0.4 is 5.43 Å². The minimum Gasteiger partial charge on any atom is -0.461 e. The highest BCUT2D eigenvalue weighted by Crippen LogP contribution is 2.18. The number of carbonyl (C=O) groups is 1. The summed E-state index contributed by atoms with van der Waals surface area (Å²) in [6.45, 7) is 1.95. The maximum atomic E-state index is 13.0. The van der Waals surface area contributed by atoms with Crippen molar-refractivity contribution in [1.82, 2.24) is 9.59 Å². The second-order valence-corrected chi connectivity index (χ2v) is 4.35. The fourth-order valence-electron chi connectivity index (χ4n) is 1.35. The molecular weight excluding hydrogens is 283 g/mol. The van der Waals surface area contributed by atoms with Gasteiger partial charge in [0.1, 0.15) is 5.82 Å². The van der Waals surface area contributed by atoms with Gasteiger partial charge in [-0.25, -0.2) is 9.18 Å². The fourth-order valence-corrected chi connectivity index (χ4v) is 1.86. The van der Waals surface area contributed by atoms with Crippen LogP contribution in [0.2, 0.25) is 0 Å². The topological polar surface area (TPSA) is 76.5 Å². The van der Waals surface area contributed by atoms with E-state index < -0.39 is 5.97 Å². The molecule has 6 nitrogen and oxygen atoms in total. The summed E-state index contributed by atoms with van der Waals surface area (Å²) in [6, 6.07) is 5.96. The second-order valence-electron chi connectivity index (χ2n) is 3.60. The lowest BCUT2D eigenvalue weighted by molar-refractivity contribution is 0.0520. The molecule has 1 heterocycles. The molecule has 0 atom stereocenters. The Morgan fingerprint density at radius 1 is 1.60 bits per heavy atom. The molecule has 0 aliphatic heterocycles. The largest absolute Gasteiger partial charge is 0.461 e. The Kier molecular flexibility index (Phi) is 4.72. The predicted octanol–water partition coefficient (Wildman–Crippen LogP) is 2.30. The van der Waals surface area contributed by atoms with Gasteiger partial charge in [-0.15, -0.1) is 5.10 Å². The van der Waals surface area contributed by atoms with Gasteiger partial charge >= 0.3 is 5.97 Å². The summed E-state index contributed by atoms with van der Waals surface area (Å²) in [7, 11) is 0. The number of halogens is 1. The maximum Gasteiger partial charge on any atom is 0.362 e. The standard InChI is InChI=1S/C12H11FN4O2S/c1-2-19-12(18)10-11(20-17-15-10)16-14-7-8-4-3-5-9(13)6-8/h3-7,16H,2H2,1H3/b14-7+. The van der Waals surface area contributed by atoms with Crippen molar-refractivity contribution in [3.05, 3.63) is 41.3 Å². The lowest BCUT2D eigenvalue weighted by atomic mass is 10.2. The number of ether oxygens (including phenoxy) is 1. The molecule has 1 N–H and O–H groups in total. The number of aromatic nitrogens is 2. The van der Waals surface area contributed by atoms with Crippen molar-refractivity contribution < 1.29 is 13.9 Å². The zero-order valence-electron chi connectivity index (χ0n) is 10.5. The Labute approximate surface area is 118 Å². The van der Waals surface area contributed by atoms with Gasteiger partial charge in [-0.2, -0.15) is 5.10 Å². The summed E-state index contributed by atoms with van der Waals surface area (Å²) in [5.41, 5.74) is 3.31. The van der Waals surface area contributed by atoms with E-state index in [0.29, 0.717) is 10.6 Å². The van der Waals surface area contributed by atoms with Crippen molar-refractivity contribution in [2.45, 2.75) is 6.92 Å². The van der Waals surface area contributed by atoms with E-state index in [2.05, 4.69) is 20.1 Å². The summed E-state index contributed by atoms with van der Waals surface area (Å²) in [5, 5.41) is 7.95. The molecule has 0 radical (unpaired) electrons. The first-order valence-electron chi connectivity index (χ1n) is 5.75. The van der Waals surface area contributed by atoms with Crippen LogP contribution in [0.15, 0.2) is 29.4 Å². The quantitative estimate of drug-likeness (QED) is 0.520. The van der Waals surface area contributed by atoms with Crippen molar-refractivity contribution in [3.8, 4) is 0 Å². The van der Waals surface area contributed by atoms with Gasteiger partial charge in [0.25, 0.3) is 0 Å². The Hall–Kier alpha value is -2.35. The molecule has 0 aliphatic rings. The molecule has 0 bridgehead atoms. The molecule has 0 spiro atoms. The van der Waals surface area contributed by atoms with E-state index in [-0.39, 0.29) is 18.1 Å². The molecule has 2 aromatic rings. The molecule has 8 heteroatoms. The number of hydrogen-bond donors (Lipinski definition) is 1. The minimum atomic E-state index is -0.565. The predicted molar refractivity (Wildman–Crippen MR) is 73.5 cm³/mol. The number of carbonyl (C=O) groups excluding carboxylic acids is 1. The molecule has 0 amide bonds. The Balaban J connectivity index is 2.04. The summed E-state index contributed by atoms with van der Waals surface area (Å²) < 4.78 is 21.5. The third-order valence-corrected chi connectivity index (χ3v) is 2.82. The molecule has 1 aromatic heterocycles. The van der Waals surface area contributed by atoms with Crippen LogP contribution in [0.5, 0.6) is 0 Å². The molecule has 20 heavy (non-hydrogen) atoms. The summed E-state index contributed by atoms with van der Waals surface area (Å²) >= 11 is 0.981. The number of nitrogens with one attached hydrogen (secondary N) is 1. The first-order valence-corrected chi connectivity index (χ1v) is 6.52. The molecule has 2 rings (SSSR count). The average molecular weight is 294 g/mol. The minimum absolute atomic E-state index is 0.0771. The van der Waals surface area contributed by atoms with E-state index in [1.54, 1.807) is 19.1 Å². The molecule has 1 aromatic carbocycles. The van der Waals surface area contributed by atoms with Gasteiger partial charge in [-0.1, -0.05) is 16.6 Å². The molecule has 104 valence electrons. The molecule has 0 unspecified atom stereocenters. The van der Waals surface area contributed by atoms with Crippen LogP contribution >= 0.6 is 11.5 Å². The van der Waals surface area contributed by atoms with Gasteiger partial charge in [0.2, 0.25) is 5.69 Å². The lowest BCUT2D eigenvalue weighted by Gasteiger charge is -2.00. The normalized spacial score (nSPS) is 10.7. The summed E-state index contributed by atoms with van der Waals surface area (Å²) in [5.74, 6) is -0.912. The molecule has 0 saturated carbocycles. The first-order chi connectivity index (χ1) is 9.70. The zero-order chi connectivity index (χ0) is 14.4. The van der Waals surface area contributed by atoms with Crippen molar-refractivity contribution in [2.75, 3.05) is 12.0 Å². The van der Waals surface area contributed by atoms with Crippen LogP contribution in [-0.2, 0) is 4.74 Å². The van der Waals surface area contributed by atoms with Gasteiger partial charge in [-0.3, -0.25) is 5.43 Å². The monoisotopic (exact) mass is 294 g/mol. The van der Waals surface area contributed by atoms with E-state index in [9.17, 15) is 9.18 Å². The van der Waals surface area contributed by atoms with E-state index in [1.807, 2.05) is 0 Å². The van der Waals surface area contributed by atoms with E-state index in [4.69, 9.17) is 4.74 Å². The third kappa shape index (κ3) is 3.58. The lowest BCUT2D eigenvalue weighted by Crippen LogP contribution is -2.07. The van der Waals surface area contributed by atoms with Gasteiger partial charge in [0.05, 0.1) is 12.8 Å². The average Bonchev–Trinajstić information content (AvgIpc) is 2.87. The summed E-state index contributed by atoms with van der Waals surface area (Å²) in [6.07, 6.45) is 1.43. The number of hydrazone groups is 1. The van der Waals surface area contributed by atoms with Crippen molar-refractivity contribution >= 4 is 28.7 Å². The highest BCUT2D eigenvalue weighted by atomic mass is 32.1. The Morgan fingerprint density at radius 2 is 2.45 bits per heavy atom.